The predicted molar refractivity (Wildman–Crippen MR) is 75.9 cm³/mol. The van der Waals surface area contributed by atoms with Gasteiger partial charge in [-0.1, -0.05) is 18.2 Å². The van der Waals surface area contributed by atoms with Crippen LogP contribution in [0.25, 0.3) is 0 Å². The Morgan fingerprint density at radius 2 is 1.35 bits per heavy atom. The standard InChI is InChI=1S/C17H16O3/c1-11-7-9-15(19-11)17(16-10-8-12(2)20-16)13-5-3-4-6-14(13)18/h3-10,17-18H,1-2H3. The van der Waals surface area contributed by atoms with Crippen LogP contribution in [0.2, 0.25) is 0 Å². The van der Waals surface area contributed by atoms with Crippen molar-refractivity contribution >= 4 is 0 Å². The zero-order valence-corrected chi connectivity index (χ0v) is 11.5. The van der Waals surface area contributed by atoms with E-state index in [1.807, 2.05) is 50.2 Å². The molecule has 0 atom stereocenters. The van der Waals surface area contributed by atoms with Gasteiger partial charge in [0.2, 0.25) is 0 Å². The fraction of sp³-hybridized carbons (Fsp3) is 0.176. The number of aryl methyl sites for hydroxylation is 2. The molecule has 0 radical (unpaired) electrons. The molecule has 20 heavy (non-hydrogen) atoms. The fourth-order valence-corrected chi connectivity index (χ4v) is 2.40. The van der Waals surface area contributed by atoms with E-state index in [1.54, 1.807) is 12.1 Å². The summed E-state index contributed by atoms with van der Waals surface area (Å²) >= 11 is 0. The van der Waals surface area contributed by atoms with E-state index >= 15 is 0 Å². The first kappa shape index (κ1) is 12.6. The van der Waals surface area contributed by atoms with Crippen LogP contribution in [0, 0.1) is 13.8 Å². The summed E-state index contributed by atoms with van der Waals surface area (Å²) < 4.78 is 11.5. The van der Waals surface area contributed by atoms with Crippen LogP contribution in [-0.4, -0.2) is 5.11 Å². The normalized spacial score (nSPS) is 11.2. The first-order valence-corrected chi connectivity index (χ1v) is 6.55. The van der Waals surface area contributed by atoms with Gasteiger partial charge in [0, 0.05) is 5.56 Å². The van der Waals surface area contributed by atoms with Gasteiger partial charge in [-0.25, -0.2) is 0 Å². The second-order valence-corrected chi connectivity index (χ2v) is 4.89. The van der Waals surface area contributed by atoms with Crippen molar-refractivity contribution in [3.8, 4) is 5.75 Å². The molecule has 1 aromatic carbocycles. The summed E-state index contributed by atoms with van der Waals surface area (Å²) in [7, 11) is 0. The molecule has 0 spiro atoms. The Balaban J connectivity index is 2.16. The minimum atomic E-state index is -0.237. The summed E-state index contributed by atoms with van der Waals surface area (Å²) in [6.45, 7) is 3.80. The highest BCUT2D eigenvalue weighted by Crippen LogP contribution is 2.37. The predicted octanol–water partition coefficient (Wildman–Crippen LogP) is 4.38. The molecule has 102 valence electrons. The largest absolute Gasteiger partial charge is 0.508 e. The van der Waals surface area contributed by atoms with E-state index in [9.17, 15) is 5.11 Å². The minimum Gasteiger partial charge on any atom is -0.508 e. The molecular weight excluding hydrogens is 252 g/mol. The highest BCUT2D eigenvalue weighted by molar-refractivity contribution is 5.44. The van der Waals surface area contributed by atoms with Gasteiger partial charge in [0.1, 0.15) is 34.7 Å². The number of aromatic hydroxyl groups is 1. The third kappa shape index (κ3) is 2.23. The van der Waals surface area contributed by atoms with Crippen LogP contribution in [0.3, 0.4) is 0 Å². The van der Waals surface area contributed by atoms with Gasteiger partial charge in [-0.3, -0.25) is 0 Å². The van der Waals surface area contributed by atoms with Crippen molar-refractivity contribution in [2.24, 2.45) is 0 Å². The maximum Gasteiger partial charge on any atom is 0.119 e. The molecule has 0 amide bonds. The Hall–Kier alpha value is -2.42. The summed E-state index contributed by atoms with van der Waals surface area (Å²) in [5.74, 6) is 3.20. The second kappa shape index (κ2) is 4.93. The number of hydrogen-bond donors (Lipinski definition) is 1. The van der Waals surface area contributed by atoms with Crippen molar-refractivity contribution in [3.05, 3.63) is 77.1 Å². The molecule has 0 aliphatic heterocycles. The van der Waals surface area contributed by atoms with Gasteiger partial charge >= 0.3 is 0 Å². The van der Waals surface area contributed by atoms with E-state index < -0.39 is 0 Å². The lowest BCUT2D eigenvalue weighted by atomic mass is 9.93. The molecule has 3 heteroatoms. The van der Waals surface area contributed by atoms with Gasteiger partial charge in [-0.05, 0) is 44.2 Å². The Kier molecular flexibility index (Phi) is 3.11. The molecule has 0 saturated carbocycles. The SMILES string of the molecule is Cc1ccc(C(c2ccc(C)o2)c2ccccc2O)o1. The Labute approximate surface area is 117 Å². The van der Waals surface area contributed by atoms with Gasteiger partial charge in [0.05, 0.1) is 0 Å². The average molecular weight is 268 g/mol. The topological polar surface area (TPSA) is 46.5 Å². The van der Waals surface area contributed by atoms with Crippen LogP contribution in [0.1, 0.15) is 34.5 Å². The summed E-state index contributed by atoms with van der Waals surface area (Å²) in [6.07, 6.45) is 0. The van der Waals surface area contributed by atoms with E-state index in [4.69, 9.17) is 8.83 Å². The number of rotatable bonds is 3. The molecule has 3 nitrogen and oxygen atoms in total. The molecule has 3 rings (SSSR count). The molecule has 1 N–H and O–H groups in total. The number of phenols is 1. The van der Waals surface area contributed by atoms with Crippen LogP contribution < -0.4 is 0 Å². The number of furan rings is 2. The van der Waals surface area contributed by atoms with Crippen molar-refractivity contribution in [2.75, 3.05) is 0 Å². The fourth-order valence-electron chi connectivity index (χ4n) is 2.40. The summed E-state index contributed by atoms with van der Waals surface area (Å²) in [4.78, 5) is 0. The molecule has 0 aliphatic rings. The summed E-state index contributed by atoms with van der Waals surface area (Å²) in [6, 6.07) is 14.9. The van der Waals surface area contributed by atoms with E-state index in [-0.39, 0.29) is 11.7 Å². The monoisotopic (exact) mass is 268 g/mol. The van der Waals surface area contributed by atoms with E-state index in [2.05, 4.69) is 0 Å². The number of phenolic OH excluding ortho intramolecular Hbond substituents is 1. The number of hydrogen-bond acceptors (Lipinski definition) is 3. The number of para-hydroxylation sites is 1. The first-order valence-electron chi connectivity index (χ1n) is 6.55. The van der Waals surface area contributed by atoms with Crippen molar-refractivity contribution in [1.29, 1.82) is 0 Å². The maximum absolute atomic E-state index is 10.1. The van der Waals surface area contributed by atoms with E-state index in [1.165, 1.54) is 0 Å². The van der Waals surface area contributed by atoms with Crippen molar-refractivity contribution in [2.45, 2.75) is 19.8 Å². The molecule has 2 aromatic heterocycles. The Morgan fingerprint density at radius 1 is 0.800 bits per heavy atom. The van der Waals surface area contributed by atoms with Crippen LogP contribution in [0.15, 0.2) is 57.4 Å². The highest BCUT2D eigenvalue weighted by atomic mass is 16.4. The smallest absolute Gasteiger partial charge is 0.119 e. The van der Waals surface area contributed by atoms with Crippen LogP contribution in [-0.2, 0) is 0 Å². The van der Waals surface area contributed by atoms with E-state index in [0.29, 0.717) is 0 Å². The van der Waals surface area contributed by atoms with Gasteiger partial charge in [-0.15, -0.1) is 0 Å². The van der Waals surface area contributed by atoms with E-state index in [0.717, 1.165) is 28.6 Å². The highest BCUT2D eigenvalue weighted by Gasteiger charge is 2.25. The zero-order valence-electron chi connectivity index (χ0n) is 11.5. The Morgan fingerprint density at radius 3 is 1.80 bits per heavy atom. The summed E-state index contributed by atoms with van der Waals surface area (Å²) in [5.41, 5.74) is 0.774. The zero-order chi connectivity index (χ0) is 14.1. The lowest BCUT2D eigenvalue weighted by Crippen LogP contribution is -2.01. The molecule has 0 bridgehead atoms. The Bertz CT molecular complexity index is 681. The van der Waals surface area contributed by atoms with Gasteiger partial charge in [0.15, 0.2) is 0 Å². The molecule has 0 saturated heterocycles. The van der Waals surface area contributed by atoms with Crippen LogP contribution in [0.4, 0.5) is 0 Å². The molecule has 0 fully saturated rings. The van der Waals surface area contributed by atoms with Crippen molar-refractivity contribution < 1.29 is 13.9 Å². The third-order valence-electron chi connectivity index (χ3n) is 3.34. The lowest BCUT2D eigenvalue weighted by molar-refractivity contribution is 0.415. The molecular formula is C17H16O3. The minimum absolute atomic E-state index is 0.237. The quantitative estimate of drug-likeness (QED) is 0.767. The van der Waals surface area contributed by atoms with Gasteiger partial charge < -0.3 is 13.9 Å². The van der Waals surface area contributed by atoms with Gasteiger partial charge in [-0.2, -0.15) is 0 Å². The number of benzene rings is 1. The van der Waals surface area contributed by atoms with Crippen molar-refractivity contribution in [1.82, 2.24) is 0 Å². The second-order valence-electron chi connectivity index (χ2n) is 4.89. The molecule has 2 heterocycles. The van der Waals surface area contributed by atoms with Crippen molar-refractivity contribution in [3.63, 3.8) is 0 Å². The first-order chi connectivity index (χ1) is 9.65. The molecule has 3 aromatic rings. The molecule has 0 unspecified atom stereocenters. The maximum atomic E-state index is 10.1. The lowest BCUT2D eigenvalue weighted by Gasteiger charge is -2.14. The van der Waals surface area contributed by atoms with Crippen LogP contribution in [0.5, 0.6) is 5.75 Å². The van der Waals surface area contributed by atoms with Crippen LogP contribution >= 0.6 is 0 Å². The third-order valence-corrected chi connectivity index (χ3v) is 3.34. The molecule has 0 aliphatic carbocycles. The summed E-state index contributed by atoms with van der Waals surface area (Å²) in [5, 5.41) is 10.1. The average Bonchev–Trinajstić information content (AvgIpc) is 3.02. The van der Waals surface area contributed by atoms with Gasteiger partial charge in [0.25, 0.3) is 0 Å².